The van der Waals surface area contributed by atoms with Gasteiger partial charge in [-0.15, -0.1) is 9.97 Å². The van der Waals surface area contributed by atoms with Gasteiger partial charge in [0.2, 0.25) is 5.15 Å². The Morgan fingerprint density at radius 3 is 1.41 bits per heavy atom. The van der Waals surface area contributed by atoms with E-state index in [2.05, 4.69) is 28.1 Å². The van der Waals surface area contributed by atoms with Crippen LogP contribution in [0.4, 0.5) is 0 Å². The molecule has 0 radical (unpaired) electrons. The predicted octanol–water partition coefficient (Wildman–Crippen LogP) is 0.0411. The summed E-state index contributed by atoms with van der Waals surface area (Å²) >= 11 is 18.3. The number of hydrogen-bond donors (Lipinski definition) is 5. The van der Waals surface area contributed by atoms with Gasteiger partial charge in [-0.25, -0.2) is 0 Å². The number of aromatic nitrogens is 4. The van der Waals surface area contributed by atoms with Crippen molar-refractivity contribution in [2.75, 3.05) is 26.3 Å². The van der Waals surface area contributed by atoms with Gasteiger partial charge >= 0.3 is 51.4 Å². The Balaban J connectivity index is -0.000000483. The molecule has 17 heteroatoms. The molecule has 0 unspecified atom stereocenters. The molecule has 0 bridgehead atoms. The van der Waals surface area contributed by atoms with Gasteiger partial charge in [0.1, 0.15) is 12.7 Å². The smallest absolute Gasteiger partial charge is 0.850 e. The van der Waals surface area contributed by atoms with Crippen molar-refractivity contribution in [1.82, 2.24) is 28.1 Å². The Hall–Kier alpha value is 1.19. The standard InChI is InChI=1S/C9H16ClN3O2S.C7H17NO2.C4H9O.C2Cl2N2S.K/c1-9(2,3)11-4-6(14)5-15-8-7(10)12-16-13-8;1-7(2,3)8-4-6(10)5-9;1-4(2,3)5;3-1-2(4)6-7-5-1;/h6,11,14H,4-5H2,1-3H3;6,8-10H,4-5H2,1-3H3;1-3H3;;/q;;-1;;+1/t2*6-;;;/m00.../s1. The van der Waals surface area contributed by atoms with Crippen LogP contribution in [-0.4, -0.2) is 88.0 Å². The van der Waals surface area contributed by atoms with E-state index in [1.807, 2.05) is 41.5 Å². The molecular weight excluding hydrogens is 638 g/mol. The topological polar surface area (TPSA) is 169 Å². The van der Waals surface area contributed by atoms with Gasteiger partial charge in [-0.1, -0.05) is 55.6 Å². The maximum absolute atomic E-state index is 10.1. The van der Waals surface area contributed by atoms with E-state index in [9.17, 15) is 10.2 Å². The zero-order valence-electron chi connectivity index (χ0n) is 24.4. The second-order valence-corrected chi connectivity index (χ2v) is 13.0. The Bertz CT molecular complexity index is 842. The quantitative estimate of drug-likeness (QED) is 0.239. The summed E-state index contributed by atoms with van der Waals surface area (Å²) in [6.45, 7) is 17.9. The Labute approximate surface area is 298 Å². The van der Waals surface area contributed by atoms with Crippen LogP contribution in [0.3, 0.4) is 0 Å². The summed E-state index contributed by atoms with van der Waals surface area (Å²) in [4.78, 5) is 0. The van der Waals surface area contributed by atoms with Crippen LogP contribution in [0.2, 0.25) is 15.5 Å². The van der Waals surface area contributed by atoms with E-state index in [0.29, 0.717) is 13.1 Å². The predicted molar refractivity (Wildman–Crippen MR) is 155 cm³/mol. The van der Waals surface area contributed by atoms with Crippen LogP contribution in [-0.2, 0) is 0 Å². The summed E-state index contributed by atoms with van der Waals surface area (Å²) in [6.07, 6.45) is -1.24. The molecule has 0 amide bonds. The fourth-order valence-electron chi connectivity index (χ4n) is 1.57. The van der Waals surface area contributed by atoms with Gasteiger partial charge in [0.05, 0.1) is 36.2 Å². The molecule has 0 aliphatic carbocycles. The van der Waals surface area contributed by atoms with Gasteiger partial charge in [0, 0.05) is 24.2 Å². The molecule has 2 aromatic rings. The molecule has 2 atom stereocenters. The average Bonchev–Trinajstić information content (AvgIpc) is 3.34. The van der Waals surface area contributed by atoms with Crippen LogP contribution in [0.25, 0.3) is 0 Å². The minimum Gasteiger partial charge on any atom is -0.850 e. The van der Waals surface area contributed by atoms with E-state index in [4.69, 9.17) is 49.8 Å². The fourth-order valence-corrected chi connectivity index (χ4v) is 2.94. The summed E-state index contributed by atoms with van der Waals surface area (Å²) in [5.74, 6) is 0.279. The summed E-state index contributed by atoms with van der Waals surface area (Å²) in [5, 5.41) is 44.1. The Kier molecular flexibility index (Phi) is 26.0. The maximum Gasteiger partial charge on any atom is 1.00 e. The SMILES string of the molecule is CC(C)(C)NC[C@H](O)CO.CC(C)(C)NC[C@H](O)COc1nsnc1Cl.CC(C)(C)[O-].Clc1nsnc1Cl.[K+]. The van der Waals surface area contributed by atoms with Crippen LogP contribution in [0.15, 0.2) is 0 Å². The first kappa shape index (κ1) is 44.6. The van der Waals surface area contributed by atoms with E-state index in [1.165, 1.54) is 0 Å². The van der Waals surface area contributed by atoms with Gasteiger partial charge in [0.15, 0.2) is 10.3 Å². The summed E-state index contributed by atoms with van der Waals surface area (Å²) in [5.41, 5.74) is -0.767. The second-order valence-electron chi connectivity index (χ2n) is 10.9. The maximum atomic E-state index is 10.1. The third-order valence-corrected chi connectivity index (χ3v) is 5.40. The zero-order chi connectivity index (χ0) is 30.2. The van der Waals surface area contributed by atoms with Crippen LogP contribution in [0, 0.1) is 0 Å². The van der Waals surface area contributed by atoms with Crippen LogP contribution >= 0.6 is 58.3 Å². The number of hydrogen-bond acceptors (Lipinski definition) is 13. The average molecular weight is 680 g/mol. The summed E-state index contributed by atoms with van der Waals surface area (Å²) < 4.78 is 20.0. The van der Waals surface area contributed by atoms with E-state index in [0.717, 1.165) is 23.5 Å². The van der Waals surface area contributed by atoms with Crippen molar-refractivity contribution in [3.05, 3.63) is 15.5 Å². The minimum absolute atomic E-state index is 0. The number of nitrogens with one attached hydrogen (secondary N) is 2. The number of aliphatic hydroxyl groups excluding tert-OH is 3. The number of rotatable bonds is 8. The molecule has 224 valence electrons. The first-order chi connectivity index (χ1) is 17.1. The van der Waals surface area contributed by atoms with Gasteiger partial charge in [-0.3, -0.25) is 0 Å². The third-order valence-electron chi connectivity index (χ3n) is 3.19. The normalized spacial score (nSPS) is 12.8. The minimum atomic E-state index is -0.750. The first-order valence-corrected chi connectivity index (χ1v) is 14.2. The van der Waals surface area contributed by atoms with Crippen molar-refractivity contribution in [3.8, 4) is 5.88 Å². The molecule has 0 spiro atoms. The Morgan fingerprint density at radius 2 is 1.13 bits per heavy atom. The molecule has 0 saturated heterocycles. The summed E-state index contributed by atoms with van der Waals surface area (Å²) in [6, 6.07) is 0. The van der Waals surface area contributed by atoms with E-state index >= 15 is 0 Å². The molecule has 0 aliphatic rings. The van der Waals surface area contributed by atoms with Crippen molar-refractivity contribution < 1.29 is 76.5 Å². The molecule has 0 aliphatic heterocycles. The van der Waals surface area contributed by atoms with E-state index < -0.39 is 17.8 Å². The molecule has 39 heavy (non-hydrogen) atoms. The first-order valence-electron chi connectivity index (χ1n) is 11.6. The number of nitrogens with zero attached hydrogens (tertiary/aromatic N) is 4. The van der Waals surface area contributed by atoms with Gasteiger partial charge in [-0.05, 0) is 41.5 Å². The second kappa shape index (κ2) is 22.7. The molecule has 2 heterocycles. The molecule has 5 N–H and O–H groups in total. The molecular formula is C22H42Cl3KN6O5S2. The number of ether oxygens (including phenoxy) is 1. The Morgan fingerprint density at radius 1 is 0.769 bits per heavy atom. The van der Waals surface area contributed by atoms with Crippen LogP contribution in [0.1, 0.15) is 62.3 Å². The van der Waals surface area contributed by atoms with E-state index in [1.54, 1.807) is 20.8 Å². The van der Waals surface area contributed by atoms with Gasteiger partial charge < -0.3 is 35.8 Å². The largest absolute Gasteiger partial charge is 1.00 e. The third kappa shape index (κ3) is 33.6. The van der Waals surface area contributed by atoms with E-state index in [-0.39, 0.29) is 97.0 Å². The van der Waals surface area contributed by atoms with Crippen LogP contribution in [0.5, 0.6) is 5.88 Å². The van der Waals surface area contributed by atoms with Crippen molar-refractivity contribution >= 4 is 58.3 Å². The van der Waals surface area contributed by atoms with Crippen molar-refractivity contribution in [2.45, 2.75) is 91.2 Å². The van der Waals surface area contributed by atoms with Gasteiger partial charge in [0.25, 0.3) is 5.88 Å². The number of halogens is 3. The number of β-amino-alcohol motifs (C(OH)–C–C–N with tert-alkyl or cyclic N) is 2. The molecule has 2 aromatic heterocycles. The van der Waals surface area contributed by atoms with Crippen LogP contribution < -0.4 is 71.9 Å². The molecule has 0 fully saturated rings. The fraction of sp³-hybridized carbons (Fsp3) is 0.818. The monoisotopic (exact) mass is 678 g/mol. The van der Waals surface area contributed by atoms with Gasteiger partial charge in [-0.2, -0.15) is 13.1 Å². The molecule has 0 aromatic carbocycles. The molecule has 2 rings (SSSR count). The molecule has 11 nitrogen and oxygen atoms in total. The summed E-state index contributed by atoms with van der Waals surface area (Å²) in [7, 11) is 0. The van der Waals surface area contributed by atoms with Crippen molar-refractivity contribution in [3.63, 3.8) is 0 Å². The van der Waals surface area contributed by atoms with Crippen molar-refractivity contribution in [2.24, 2.45) is 0 Å². The van der Waals surface area contributed by atoms with Crippen molar-refractivity contribution in [1.29, 1.82) is 0 Å². The number of aliphatic hydroxyl groups is 3. The zero-order valence-corrected chi connectivity index (χ0v) is 31.4. The molecule has 0 saturated carbocycles.